The molecule has 6 nitrogen and oxygen atoms in total. The summed E-state index contributed by atoms with van der Waals surface area (Å²) in [5.74, 6) is -0.112. The Kier molecular flexibility index (Phi) is 5.49. The fourth-order valence-electron chi connectivity index (χ4n) is 2.09. The Balaban J connectivity index is 1.65. The summed E-state index contributed by atoms with van der Waals surface area (Å²) in [5, 5.41) is 5.86. The van der Waals surface area contributed by atoms with Crippen LogP contribution in [0.3, 0.4) is 0 Å². The molecule has 0 aliphatic carbocycles. The summed E-state index contributed by atoms with van der Waals surface area (Å²) in [6, 6.07) is 3.79. The van der Waals surface area contributed by atoms with E-state index in [0.717, 1.165) is 18.7 Å². The number of hydrogen-bond donors (Lipinski definition) is 2. The van der Waals surface area contributed by atoms with E-state index in [0.29, 0.717) is 25.9 Å². The van der Waals surface area contributed by atoms with Crippen LogP contribution in [0.2, 0.25) is 0 Å². The molecule has 0 aromatic carbocycles. The van der Waals surface area contributed by atoms with Gasteiger partial charge in [0.2, 0.25) is 11.8 Å². The second-order valence-electron chi connectivity index (χ2n) is 4.77. The van der Waals surface area contributed by atoms with Gasteiger partial charge in [0.1, 0.15) is 0 Å². The summed E-state index contributed by atoms with van der Waals surface area (Å²) in [6.45, 7) is 3.15. The largest absolute Gasteiger partial charge is 0.347 e. The van der Waals surface area contributed by atoms with Crippen LogP contribution in [0.25, 0.3) is 0 Å². The van der Waals surface area contributed by atoms with Gasteiger partial charge in [0, 0.05) is 45.0 Å². The number of piperazine rings is 1. The van der Waals surface area contributed by atoms with E-state index in [9.17, 15) is 9.59 Å². The SMILES string of the molecule is O=C(CCc1cccnc1)NCC(=O)N1CCNCC1. The van der Waals surface area contributed by atoms with E-state index in [-0.39, 0.29) is 18.4 Å². The molecule has 0 radical (unpaired) electrons. The summed E-state index contributed by atoms with van der Waals surface area (Å²) in [6.07, 6.45) is 4.47. The van der Waals surface area contributed by atoms with Gasteiger partial charge in [-0.2, -0.15) is 0 Å². The third-order valence-corrected chi connectivity index (χ3v) is 3.27. The van der Waals surface area contributed by atoms with Crippen LogP contribution < -0.4 is 10.6 Å². The Morgan fingerprint density at radius 3 is 2.85 bits per heavy atom. The molecule has 0 atom stereocenters. The van der Waals surface area contributed by atoms with Crippen LogP contribution in [-0.4, -0.2) is 54.4 Å². The molecule has 1 aliphatic heterocycles. The minimum absolute atomic E-state index is 0.0128. The van der Waals surface area contributed by atoms with Gasteiger partial charge >= 0.3 is 0 Å². The molecule has 108 valence electrons. The van der Waals surface area contributed by atoms with Gasteiger partial charge < -0.3 is 15.5 Å². The molecule has 0 bridgehead atoms. The number of nitrogens with zero attached hydrogens (tertiary/aromatic N) is 2. The Labute approximate surface area is 118 Å². The minimum Gasteiger partial charge on any atom is -0.347 e. The quantitative estimate of drug-likeness (QED) is 0.765. The predicted molar refractivity (Wildman–Crippen MR) is 75.0 cm³/mol. The van der Waals surface area contributed by atoms with Crippen LogP contribution in [-0.2, 0) is 16.0 Å². The fraction of sp³-hybridized carbons (Fsp3) is 0.500. The van der Waals surface area contributed by atoms with Crippen LogP contribution in [0.1, 0.15) is 12.0 Å². The van der Waals surface area contributed by atoms with E-state index < -0.39 is 0 Å². The Bertz CT molecular complexity index is 444. The molecule has 0 unspecified atom stereocenters. The number of hydrogen-bond acceptors (Lipinski definition) is 4. The molecule has 2 rings (SSSR count). The molecule has 2 heterocycles. The van der Waals surface area contributed by atoms with Gasteiger partial charge in [0.05, 0.1) is 6.54 Å². The Hall–Kier alpha value is -1.95. The summed E-state index contributed by atoms with van der Waals surface area (Å²) in [5.41, 5.74) is 1.02. The first kappa shape index (κ1) is 14.5. The third kappa shape index (κ3) is 4.62. The maximum atomic E-state index is 11.9. The van der Waals surface area contributed by atoms with Crippen molar-refractivity contribution >= 4 is 11.8 Å². The zero-order chi connectivity index (χ0) is 14.2. The van der Waals surface area contributed by atoms with E-state index >= 15 is 0 Å². The van der Waals surface area contributed by atoms with Crippen molar-refractivity contribution in [1.29, 1.82) is 0 Å². The van der Waals surface area contributed by atoms with Gasteiger partial charge in [-0.25, -0.2) is 0 Å². The number of pyridine rings is 1. The van der Waals surface area contributed by atoms with Gasteiger partial charge in [-0.1, -0.05) is 6.07 Å². The zero-order valence-electron chi connectivity index (χ0n) is 11.5. The summed E-state index contributed by atoms with van der Waals surface area (Å²) < 4.78 is 0. The van der Waals surface area contributed by atoms with Crippen molar-refractivity contribution in [3.63, 3.8) is 0 Å². The highest BCUT2D eigenvalue weighted by molar-refractivity contribution is 5.84. The van der Waals surface area contributed by atoms with Crippen molar-refractivity contribution in [2.24, 2.45) is 0 Å². The van der Waals surface area contributed by atoms with Crippen molar-refractivity contribution in [3.05, 3.63) is 30.1 Å². The third-order valence-electron chi connectivity index (χ3n) is 3.27. The highest BCUT2D eigenvalue weighted by atomic mass is 16.2. The molecule has 2 amide bonds. The van der Waals surface area contributed by atoms with Gasteiger partial charge in [-0.15, -0.1) is 0 Å². The first-order chi connectivity index (χ1) is 9.75. The van der Waals surface area contributed by atoms with E-state index in [2.05, 4.69) is 15.6 Å². The Morgan fingerprint density at radius 1 is 1.35 bits per heavy atom. The molecular weight excluding hydrogens is 256 g/mol. The van der Waals surface area contributed by atoms with Crippen molar-refractivity contribution in [2.75, 3.05) is 32.7 Å². The van der Waals surface area contributed by atoms with Crippen LogP contribution in [0.4, 0.5) is 0 Å². The zero-order valence-corrected chi connectivity index (χ0v) is 11.5. The summed E-state index contributed by atoms with van der Waals surface area (Å²) in [7, 11) is 0. The topological polar surface area (TPSA) is 74.3 Å². The molecule has 2 N–H and O–H groups in total. The molecule has 1 aliphatic rings. The number of carbonyl (C=O) groups is 2. The second kappa shape index (κ2) is 7.59. The van der Waals surface area contributed by atoms with Crippen LogP contribution in [0.15, 0.2) is 24.5 Å². The second-order valence-corrected chi connectivity index (χ2v) is 4.77. The molecule has 20 heavy (non-hydrogen) atoms. The normalized spacial score (nSPS) is 14.9. The molecule has 1 aromatic heterocycles. The first-order valence-electron chi connectivity index (χ1n) is 6.90. The van der Waals surface area contributed by atoms with Crippen LogP contribution >= 0.6 is 0 Å². The molecule has 0 spiro atoms. The summed E-state index contributed by atoms with van der Waals surface area (Å²) in [4.78, 5) is 29.3. The lowest BCUT2D eigenvalue weighted by Crippen LogP contribution is -2.49. The van der Waals surface area contributed by atoms with Crippen LogP contribution in [0, 0.1) is 0 Å². The fourth-order valence-corrected chi connectivity index (χ4v) is 2.09. The lowest BCUT2D eigenvalue weighted by molar-refractivity contribution is -0.133. The average Bonchev–Trinajstić information content (AvgIpc) is 2.52. The highest BCUT2D eigenvalue weighted by Crippen LogP contribution is 2.00. The van der Waals surface area contributed by atoms with E-state index in [1.807, 2.05) is 12.1 Å². The number of carbonyl (C=O) groups excluding carboxylic acids is 2. The van der Waals surface area contributed by atoms with E-state index in [1.165, 1.54) is 0 Å². The molecule has 1 fully saturated rings. The Morgan fingerprint density at radius 2 is 2.15 bits per heavy atom. The lowest BCUT2D eigenvalue weighted by atomic mass is 10.1. The van der Waals surface area contributed by atoms with E-state index in [1.54, 1.807) is 17.3 Å². The molecule has 1 saturated heterocycles. The van der Waals surface area contributed by atoms with Crippen molar-refractivity contribution in [2.45, 2.75) is 12.8 Å². The average molecular weight is 276 g/mol. The molecular formula is C14H20N4O2. The minimum atomic E-state index is -0.0997. The lowest BCUT2D eigenvalue weighted by Gasteiger charge is -2.27. The molecule has 1 aromatic rings. The van der Waals surface area contributed by atoms with Crippen molar-refractivity contribution < 1.29 is 9.59 Å². The number of aromatic nitrogens is 1. The van der Waals surface area contributed by atoms with Gasteiger partial charge in [-0.3, -0.25) is 14.6 Å². The monoisotopic (exact) mass is 276 g/mol. The van der Waals surface area contributed by atoms with Crippen LogP contribution in [0.5, 0.6) is 0 Å². The van der Waals surface area contributed by atoms with Gasteiger partial charge in [0.25, 0.3) is 0 Å². The molecule has 0 saturated carbocycles. The summed E-state index contributed by atoms with van der Waals surface area (Å²) >= 11 is 0. The standard InChI is InChI=1S/C14H20N4O2/c19-13(4-3-12-2-1-5-16-10-12)17-11-14(20)18-8-6-15-7-9-18/h1-2,5,10,15H,3-4,6-9,11H2,(H,17,19). The number of aryl methyl sites for hydroxylation is 1. The van der Waals surface area contributed by atoms with Crippen molar-refractivity contribution in [3.8, 4) is 0 Å². The predicted octanol–water partition coefficient (Wildman–Crippen LogP) is -0.438. The number of nitrogens with one attached hydrogen (secondary N) is 2. The maximum Gasteiger partial charge on any atom is 0.242 e. The van der Waals surface area contributed by atoms with E-state index in [4.69, 9.17) is 0 Å². The van der Waals surface area contributed by atoms with Gasteiger partial charge in [-0.05, 0) is 18.1 Å². The van der Waals surface area contributed by atoms with Gasteiger partial charge in [0.15, 0.2) is 0 Å². The highest BCUT2D eigenvalue weighted by Gasteiger charge is 2.16. The number of amides is 2. The maximum absolute atomic E-state index is 11.9. The first-order valence-corrected chi connectivity index (χ1v) is 6.90. The number of rotatable bonds is 5. The smallest absolute Gasteiger partial charge is 0.242 e. The molecule has 6 heteroatoms. The van der Waals surface area contributed by atoms with Crippen molar-refractivity contribution in [1.82, 2.24) is 20.5 Å².